The average Bonchev–Trinajstić information content (AvgIpc) is 2.47. The highest BCUT2D eigenvalue weighted by molar-refractivity contribution is 5.50. The van der Waals surface area contributed by atoms with Crippen LogP contribution < -0.4 is 0 Å². The van der Waals surface area contributed by atoms with Gasteiger partial charge in [0, 0.05) is 20.3 Å². The van der Waals surface area contributed by atoms with E-state index in [4.69, 9.17) is 28.4 Å². The van der Waals surface area contributed by atoms with Crippen molar-refractivity contribution in [1.82, 2.24) is 0 Å². The minimum absolute atomic E-state index is 0.152. The van der Waals surface area contributed by atoms with Crippen LogP contribution in [-0.4, -0.2) is 79.7 Å². The molecule has 0 aliphatic rings. The van der Waals surface area contributed by atoms with Crippen LogP contribution in [0.3, 0.4) is 0 Å². The Bertz CT molecular complexity index is 190. The van der Waals surface area contributed by atoms with Crippen LogP contribution >= 0.6 is 0 Å². The van der Waals surface area contributed by atoms with Crippen molar-refractivity contribution in [3.63, 3.8) is 0 Å². The van der Waals surface area contributed by atoms with E-state index in [1.165, 1.54) is 0 Å². The fourth-order valence-corrected chi connectivity index (χ4v) is 1.20. The maximum atomic E-state index is 9.96. The molecule has 7 nitrogen and oxygen atoms in total. The molecule has 0 saturated carbocycles. The third kappa shape index (κ3) is 17.4. The average molecular weight is 294 g/mol. The summed E-state index contributed by atoms with van der Waals surface area (Å²) in [6.45, 7) is 4.80. The summed E-state index contributed by atoms with van der Waals surface area (Å²) in [5.41, 5.74) is 0. The molecule has 0 aliphatic heterocycles. The molecule has 0 amide bonds. The van der Waals surface area contributed by atoms with E-state index in [0.717, 1.165) is 12.7 Å². The van der Waals surface area contributed by atoms with Gasteiger partial charge in [-0.3, -0.25) is 0 Å². The van der Waals surface area contributed by atoms with E-state index in [1.54, 1.807) is 7.11 Å². The van der Waals surface area contributed by atoms with Crippen molar-refractivity contribution in [2.24, 2.45) is 0 Å². The Labute approximate surface area is 120 Å². The number of hydrogen-bond acceptors (Lipinski definition) is 7. The molecule has 120 valence electrons. The first kappa shape index (κ1) is 19.4. The van der Waals surface area contributed by atoms with Crippen LogP contribution in [0.5, 0.6) is 0 Å². The van der Waals surface area contributed by atoms with Crippen molar-refractivity contribution < 1.29 is 33.2 Å². The first-order valence-corrected chi connectivity index (χ1v) is 6.73. The Kier molecular flexibility index (Phi) is 17.9. The number of methoxy groups -OCH3 is 1. The summed E-state index contributed by atoms with van der Waals surface area (Å²) < 4.78 is 30.7. The maximum absolute atomic E-state index is 9.96. The smallest absolute Gasteiger partial charge is 0.146 e. The van der Waals surface area contributed by atoms with E-state index >= 15 is 0 Å². The molecule has 7 heteroatoms. The lowest BCUT2D eigenvalue weighted by atomic mass is 10.5. The van der Waals surface area contributed by atoms with Crippen LogP contribution in [-0.2, 0) is 33.2 Å². The van der Waals surface area contributed by atoms with Crippen molar-refractivity contribution in [2.75, 3.05) is 73.4 Å². The van der Waals surface area contributed by atoms with Gasteiger partial charge in [-0.1, -0.05) is 0 Å². The first-order chi connectivity index (χ1) is 9.91. The Hall–Kier alpha value is -0.570. The van der Waals surface area contributed by atoms with Crippen LogP contribution in [0.4, 0.5) is 0 Å². The molecule has 20 heavy (non-hydrogen) atoms. The van der Waals surface area contributed by atoms with Crippen molar-refractivity contribution in [3.05, 3.63) is 0 Å². The Morgan fingerprint density at radius 1 is 0.700 bits per heavy atom. The van der Waals surface area contributed by atoms with Crippen LogP contribution in [0, 0.1) is 0 Å². The Morgan fingerprint density at radius 3 is 1.75 bits per heavy atom. The topological polar surface area (TPSA) is 72.5 Å². The molecule has 0 bridgehead atoms. The van der Waals surface area contributed by atoms with Crippen LogP contribution in [0.15, 0.2) is 0 Å². The highest BCUT2D eigenvalue weighted by atomic mass is 16.7. The van der Waals surface area contributed by atoms with E-state index < -0.39 is 0 Å². The monoisotopic (exact) mass is 294 g/mol. The largest absolute Gasteiger partial charge is 0.379 e. The van der Waals surface area contributed by atoms with Crippen molar-refractivity contribution in [3.8, 4) is 0 Å². The lowest BCUT2D eigenvalue weighted by molar-refractivity contribution is -0.112. The third-order valence-corrected chi connectivity index (χ3v) is 2.08. The molecule has 0 aromatic rings. The quantitative estimate of drug-likeness (QED) is 0.216. The van der Waals surface area contributed by atoms with E-state index in [2.05, 4.69) is 0 Å². The maximum Gasteiger partial charge on any atom is 0.146 e. The fourth-order valence-electron chi connectivity index (χ4n) is 1.20. The van der Waals surface area contributed by atoms with E-state index in [1.807, 2.05) is 0 Å². The normalized spacial score (nSPS) is 10.8. The molecule has 0 radical (unpaired) electrons. The molecular weight excluding hydrogens is 268 g/mol. The predicted octanol–water partition coefficient (Wildman–Crippen LogP) is 0.262. The van der Waals surface area contributed by atoms with Gasteiger partial charge in [0.2, 0.25) is 0 Å². The molecule has 0 aromatic heterocycles. The molecule has 0 unspecified atom stereocenters. The molecule has 0 aliphatic carbocycles. The summed E-state index contributed by atoms with van der Waals surface area (Å²) in [6.07, 6.45) is 1.51. The van der Waals surface area contributed by atoms with Crippen molar-refractivity contribution in [1.29, 1.82) is 0 Å². The molecule has 0 fully saturated rings. The van der Waals surface area contributed by atoms with Gasteiger partial charge in [-0.05, 0) is 6.42 Å². The summed E-state index contributed by atoms with van der Waals surface area (Å²) in [6, 6.07) is 0. The molecule has 0 atom stereocenters. The zero-order chi connectivity index (χ0) is 14.7. The minimum Gasteiger partial charge on any atom is -0.379 e. The number of hydrogen-bond donors (Lipinski definition) is 0. The van der Waals surface area contributed by atoms with E-state index in [9.17, 15) is 4.79 Å². The number of aldehydes is 1. The lowest BCUT2D eigenvalue weighted by Crippen LogP contribution is -2.12. The van der Waals surface area contributed by atoms with Gasteiger partial charge in [-0.25, -0.2) is 0 Å². The summed E-state index contributed by atoms with van der Waals surface area (Å²) in [5, 5.41) is 0. The second-order valence-corrected chi connectivity index (χ2v) is 3.75. The van der Waals surface area contributed by atoms with Gasteiger partial charge < -0.3 is 33.2 Å². The summed E-state index contributed by atoms with van der Waals surface area (Å²) >= 11 is 0. The van der Waals surface area contributed by atoms with Crippen LogP contribution in [0.1, 0.15) is 6.42 Å². The molecule has 0 saturated heterocycles. The number of rotatable bonds is 17. The zero-order valence-corrected chi connectivity index (χ0v) is 12.2. The van der Waals surface area contributed by atoms with Gasteiger partial charge >= 0.3 is 0 Å². The third-order valence-electron chi connectivity index (χ3n) is 2.08. The van der Waals surface area contributed by atoms with E-state index in [0.29, 0.717) is 52.9 Å². The highest BCUT2D eigenvalue weighted by Crippen LogP contribution is 1.86. The second kappa shape index (κ2) is 18.4. The SMILES string of the molecule is COCOCCOCCOCCOCCCOCC=O. The van der Waals surface area contributed by atoms with Gasteiger partial charge in [-0.15, -0.1) is 0 Å². The standard InChI is InChI=1S/C13H26O7/c1-15-13-20-12-11-19-10-9-18-8-7-17-5-2-4-16-6-3-14/h3H,2,4-13H2,1H3. The number of carbonyl (C=O) groups is 1. The summed E-state index contributed by atoms with van der Waals surface area (Å²) in [7, 11) is 1.58. The lowest BCUT2D eigenvalue weighted by Gasteiger charge is -2.07. The fraction of sp³-hybridized carbons (Fsp3) is 0.923. The highest BCUT2D eigenvalue weighted by Gasteiger charge is 1.93. The zero-order valence-electron chi connectivity index (χ0n) is 12.2. The van der Waals surface area contributed by atoms with Gasteiger partial charge in [0.15, 0.2) is 0 Å². The van der Waals surface area contributed by atoms with Gasteiger partial charge in [0.05, 0.1) is 39.6 Å². The minimum atomic E-state index is 0.152. The number of ether oxygens (including phenoxy) is 6. The molecular formula is C13H26O7. The second-order valence-electron chi connectivity index (χ2n) is 3.75. The van der Waals surface area contributed by atoms with Crippen LogP contribution in [0.25, 0.3) is 0 Å². The van der Waals surface area contributed by atoms with Gasteiger partial charge in [0.25, 0.3) is 0 Å². The van der Waals surface area contributed by atoms with Crippen molar-refractivity contribution >= 4 is 6.29 Å². The van der Waals surface area contributed by atoms with Crippen LogP contribution in [0.2, 0.25) is 0 Å². The summed E-state index contributed by atoms with van der Waals surface area (Å²) in [4.78, 5) is 9.96. The molecule has 0 spiro atoms. The van der Waals surface area contributed by atoms with Gasteiger partial charge in [-0.2, -0.15) is 0 Å². The van der Waals surface area contributed by atoms with E-state index in [-0.39, 0.29) is 13.4 Å². The molecule has 0 N–H and O–H groups in total. The molecule has 0 rings (SSSR count). The van der Waals surface area contributed by atoms with Gasteiger partial charge in [0.1, 0.15) is 19.7 Å². The first-order valence-electron chi connectivity index (χ1n) is 6.73. The molecule has 0 aromatic carbocycles. The Balaban J connectivity index is 2.90. The molecule has 0 heterocycles. The predicted molar refractivity (Wildman–Crippen MR) is 71.8 cm³/mol. The summed E-state index contributed by atoms with van der Waals surface area (Å²) in [5.74, 6) is 0. The number of carbonyl (C=O) groups excluding carboxylic acids is 1. The van der Waals surface area contributed by atoms with Crippen molar-refractivity contribution in [2.45, 2.75) is 6.42 Å². The Morgan fingerprint density at radius 2 is 1.20 bits per heavy atom.